The predicted molar refractivity (Wildman–Crippen MR) is 127 cm³/mol. The van der Waals surface area contributed by atoms with Gasteiger partial charge in [-0.3, -0.25) is 4.79 Å². The molecule has 35 heavy (non-hydrogen) atoms. The summed E-state index contributed by atoms with van der Waals surface area (Å²) in [5.74, 6) is -0.510. The van der Waals surface area contributed by atoms with Gasteiger partial charge in [0.2, 0.25) is 5.75 Å². The minimum absolute atomic E-state index is 0.0965. The highest BCUT2D eigenvalue weighted by Gasteiger charge is 2.42. The van der Waals surface area contributed by atoms with Crippen LogP contribution >= 0.6 is 0 Å². The van der Waals surface area contributed by atoms with Crippen molar-refractivity contribution in [1.29, 1.82) is 0 Å². The fourth-order valence-corrected chi connectivity index (χ4v) is 4.99. The SMILES string of the molecule is COC(=O)C1=C(C)NC2=C(C(=O)CC(c3ccc(F)cc3)C2)C1c1cc(OC)c(OC)c(OC)c1. The third-order valence-electron chi connectivity index (χ3n) is 6.59. The highest BCUT2D eigenvalue weighted by molar-refractivity contribution is 6.04. The number of hydrogen-bond acceptors (Lipinski definition) is 7. The average molecular weight is 482 g/mol. The Labute approximate surface area is 203 Å². The molecule has 2 aromatic carbocycles. The summed E-state index contributed by atoms with van der Waals surface area (Å²) in [6, 6.07) is 9.71. The van der Waals surface area contributed by atoms with Crippen LogP contribution in [0.1, 0.15) is 42.7 Å². The molecule has 0 bridgehead atoms. The van der Waals surface area contributed by atoms with Crippen LogP contribution in [0.5, 0.6) is 17.2 Å². The van der Waals surface area contributed by atoms with E-state index in [1.807, 2.05) is 0 Å². The van der Waals surface area contributed by atoms with Crippen LogP contribution in [-0.2, 0) is 14.3 Å². The largest absolute Gasteiger partial charge is 0.493 e. The van der Waals surface area contributed by atoms with Crippen molar-refractivity contribution < 1.29 is 32.9 Å². The number of esters is 1. The van der Waals surface area contributed by atoms with Crippen molar-refractivity contribution >= 4 is 11.8 Å². The lowest BCUT2D eigenvalue weighted by atomic mass is 9.71. The van der Waals surface area contributed by atoms with Crippen LogP contribution in [0.25, 0.3) is 0 Å². The molecule has 1 N–H and O–H groups in total. The molecule has 8 heteroatoms. The van der Waals surface area contributed by atoms with E-state index >= 15 is 0 Å². The van der Waals surface area contributed by atoms with Gasteiger partial charge in [-0.15, -0.1) is 0 Å². The summed E-state index contributed by atoms with van der Waals surface area (Å²) >= 11 is 0. The zero-order valence-electron chi connectivity index (χ0n) is 20.4. The molecule has 2 aromatic rings. The van der Waals surface area contributed by atoms with E-state index in [2.05, 4.69) is 5.32 Å². The molecule has 184 valence electrons. The molecule has 4 rings (SSSR count). The Hall–Kier alpha value is -3.81. The second kappa shape index (κ2) is 9.82. The quantitative estimate of drug-likeness (QED) is 0.613. The molecule has 0 radical (unpaired) electrons. The Kier molecular flexibility index (Phi) is 6.82. The van der Waals surface area contributed by atoms with E-state index in [1.54, 1.807) is 31.2 Å². The lowest BCUT2D eigenvalue weighted by molar-refractivity contribution is -0.136. The Balaban J connectivity index is 1.87. The van der Waals surface area contributed by atoms with E-state index < -0.39 is 11.9 Å². The maximum atomic E-state index is 13.6. The van der Waals surface area contributed by atoms with Crippen molar-refractivity contribution in [1.82, 2.24) is 5.32 Å². The molecule has 2 aliphatic rings. The van der Waals surface area contributed by atoms with E-state index in [0.717, 1.165) is 11.3 Å². The highest BCUT2D eigenvalue weighted by Crippen LogP contribution is 2.49. The van der Waals surface area contributed by atoms with Gasteiger partial charge in [-0.25, -0.2) is 9.18 Å². The van der Waals surface area contributed by atoms with Crippen LogP contribution in [0.3, 0.4) is 0 Å². The van der Waals surface area contributed by atoms with E-state index in [0.29, 0.717) is 46.1 Å². The molecule has 2 atom stereocenters. The van der Waals surface area contributed by atoms with Crippen molar-refractivity contribution in [3.05, 3.63) is 75.9 Å². The molecule has 0 saturated carbocycles. The summed E-state index contributed by atoms with van der Waals surface area (Å²) < 4.78 is 35.0. The van der Waals surface area contributed by atoms with Gasteiger partial charge in [0.1, 0.15) is 5.82 Å². The summed E-state index contributed by atoms with van der Waals surface area (Å²) in [5, 5.41) is 3.28. The fourth-order valence-electron chi connectivity index (χ4n) is 4.99. The first-order valence-electron chi connectivity index (χ1n) is 11.2. The zero-order valence-corrected chi connectivity index (χ0v) is 20.4. The standard InChI is InChI=1S/C27H28FNO6/c1-14-23(27(31)35-5)24(17-12-21(32-2)26(34-4)22(13-17)33-3)25-19(29-14)10-16(11-20(25)30)15-6-8-18(28)9-7-15/h6-9,12-13,16,24,29H,10-11H2,1-5H3. The Morgan fingerprint density at radius 2 is 1.57 bits per heavy atom. The van der Waals surface area contributed by atoms with Gasteiger partial charge in [-0.05, 0) is 54.7 Å². The first-order valence-corrected chi connectivity index (χ1v) is 11.2. The van der Waals surface area contributed by atoms with Crippen LogP contribution in [0.2, 0.25) is 0 Å². The number of ketones is 1. The minimum atomic E-state index is -0.686. The van der Waals surface area contributed by atoms with E-state index in [9.17, 15) is 14.0 Å². The molecule has 0 aromatic heterocycles. The fraction of sp³-hybridized carbons (Fsp3) is 0.333. The molecule has 0 spiro atoms. The van der Waals surface area contributed by atoms with E-state index in [4.69, 9.17) is 18.9 Å². The number of hydrogen-bond donors (Lipinski definition) is 1. The van der Waals surface area contributed by atoms with Gasteiger partial charge in [0.05, 0.1) is 34.0 Å². The van der Waals surface area contributed by atoms with Gasteiger partial charge >= 0.3 is 5.97 Å². The topological polar surface area (TPSA) is 83.1 Å². The number of nitrogens with one attached hydrogen (secondary N) is 1. The smallest absolute Gasteiger partial charge is 0.336 e. The first-order chi connectivity index (χ1) is 16.8. The van der Waals surface area contributed by atoms with Crippen LogP contribution in [0, 0.1) is 5.82 Å². The maximum Gasteiger partial charge on any atom is 0.336 e. The van der Waals surface area contributed by atoms with Crippen molar-refractivity contribution in [3.8, 4) is 17.2 Å². The molecular weight excluding hydrogens is 453 g/mol. The number of halogens is 1. The van der Waals surface area contributed by atoms with Crippen molar-refractivity contribution in [2.45, 2.75) is 31.6 Å². The highest BCUT2D eigenvalue weighted by atomic mass is 19.1. The number of dihydropyridines is 1. The lowest BCUT2D eigenvalue weighted by Gasteiger charge is -2.36. The average Bonchev–Trinajstić information content (AvgIpc) is 2.86. The van der Waals surface area contributed by atoms with E-state index in [1.165, 1.54) is 40.6 Å². The number of carbonyl (C=O) groups excluding carboxylic acids is 2. The number of ether oxygens (including phenoxy) is 4. The number of rotatable bonds is 6. The van der Waals surface area contributed by atoms with Gasteiger partial charge in [0.25, 0.3) is 0 Å². The number of carbonyl (C=O) groups is 2. The first kappa shape index (κ1) is 24.3. The van der Waals surface area contributed by atoms with E-state index in [-0.39, 0.29) is 23.9 Å². The van der Waals surface area contributed by atoms with Gasteiger partial charge < -0.3 is 24.3 Å². The predicted octanol–water partition coefficient (Wildman–Crippen LogP) is 4.39. The van der Waals surface area contributed by atoms with Crippen molar-refractivity contribution in [2.24, 2.45) is 0 Å². The molecule has 7 nitrogen and oxygen atoms in total. The molecule has 2 unspecified atom stereocenters. The van der Waals surface area contributed by atoms with Crippen LogP contribution in [0.4, 0.5) is 4.39 Å². The van der Waals surface area contributed by atoms with Crippen molar-refractivity contribution in [2.75, 3.05) is 28.4 Å². The lowest BCUT2D eigenvalue weighted by Crippen LogP contribution is -2.36. The second-order valence-corrected chi connectivity index (χ2v) is 8.52. The molecule has 0 fully saturated rings. The zero-order chi connectivity index (χ0) is 25.3. The molecule has 1 heterocycles. The molecule has 1 aliphatic heterocycles. The molecule has 1 aliphatic carbocycles. The Bertz CT molecular complexity index is 1210. The molecule has 0 saturated heterocycles. The molecule has 0 amide bonds. The number of methoxy groups -OCH3 is 4. The Morgan fingerprint density at radius 3 is 2.11 bits per heavy atom. The summed E-state index contributed by atoms with van der Waals surface area (Å²) in [6.07, 6.45) is 0.778. The summed E-state index contributed by atoms with van der Waals surface area (Å²) in [4.78, 5) is 26.5. The van der Waals surface area contributed by atoms with Crippen molar-refractivity contribution in [3.63, 3.8) is 0 Å². The third-order valence-corrected chi connectivity index (χ3v) is 6.59. The van der Waals surface area contributed by atoms with Crippen LogP contribution in [0.15, 0.2) is 58.9 Å². The second-order valence-electron chi connectivity index (χ2n) is 8.52. The number of Topliss-reactive ketones (excluding diaryl/α,β-unsaturated/α-hetero) is 1. The Morgan fingerprint density at radius 1 is 0.943 bits per heavy atom. The van der Waals surface area contributed by atoms with Gasteiger partial charge in [-0.2, -0.15) is 0 Å². The van der Waals surface area contributed by atoms with Gasteiger partial charge in [0, 0.05) is 29.3 Å². The number of benzene rings is 2. The maximum absolute atomic E-state index is 13.6. The summed E-state index contributed by atoms with van der Waals surface area (Å²) in [7, 11) is 5.84. The van der Waals surface area contributed by atoms with Gasteiger partial charge in [-0.1, -0.05) is 12.1 Å². The number of allylic oxidation sites excluding steroid dienone is 3. The monoisotopic (exact) mass is 481 g/mol. The normalized spacial score (nSPS) is 19.7. The molecular formula is C27H28FNO6. The summed E-state index contributed by atoms with van der Waals surface area (Å²) in [6.45, 7) is 1.78. The third kappa shape index (κ3) is 4.36. The minimum Gasteiger partial charge on any atom is -0.493 e. The van der Waals surface area contributed by atoms with Crippen LogP contribution < -0.4 is 19.5 Å². The van der Waals surface area contributed by atoms with Crippen LogP contribution in [-0.4, -0.2) is 40.2 Å². The summed E-state index contributed by atoms with van der Waals surface area (Å²) in [5.41, 5.74) is 3.71. The van der Waals surface area contributed by atoms with Gasteiger partial charge in [0.15, 0.2) is 17.3 Å².